The van der Waals surface area contributed by atoms with Gasteiger partial charge in [-0.25, -0.2) is 0 Å². The number of nitrogens with one attached hydrogen (secondary N) is 1. The summed E-state index contributed by atoms with van der Waals surface area (Å²) >= 11 is 5.59. The third-order valence-corrected chi connectivity index (χ3v) is 2.81. The summed E-state index contributed by atoms with van der Waals surface area (Å²) in [5.74, 6) is 0. The third kappa shape index (κ3) is 3.04. The summed E-state index contributed by atoms with van der Waals surface area (Å²) in [5.41, 5.74) is -0.686. The van der Waals surface area contributed by atoms with Crippen LogP contribution >= 0.6 is 11.6 Å². The van der Waals surface area contributed by atoms with Crippen molar-refractivity contribution in [2.75, 3.05) is 18.5 Å². The van der Waals surface area contributed by atoms with Gasteiger partial charge in [0.15, 0.2) is 0 Å². The van der Waals surface area contributed by atoms with Crippen LogP contribution in [0.4, 0.5) is 18.9 Å². The Kier molecular flexibility index (Phi) is 3.49. The van der Waals surface area contributed by atoms with Crippen molar-refractivity contribution in [3.05, 3.63) is 28.8 Å². The number of ether oxygens (including phenoxy) is 1. The highest BCUT2D eigenvalue weighted by Crippen LogP contribution is 2.37. The molecular formula is C11H11ClF3NO. The Hall–Kier alpha value is -0.940. The first-order chi connectivity index (χ1) is 7.97. The zero-order chi connectivity index (χ0) is 12.5. The number of rotatable bonds is 2. The number of hydrogen-bond acceptors (Lipinski definition) is 2. The van der Waals surface area contributed by atoms with Gasteiger partial charge in [-0.3, -0.25) is 0 Å². The van der Waals surface area contributed by atoms with Crippen molar-refractivity contribution < 1.29 is 17.9 Å². The zero-order valence-electron chi connectivity index (χ0n) is 8.85. The summed E-state index contributed by atoms with van der Waals surface area (Å²) in [6.07, 6.45) is -3.70. The van der Waals surface area contributed by atoms with Crippen LogP contribution in [0.3, 0.4) is 0 Å². The van der Waals surface area contributed by atoms with Gasteiger partial charge in [-0.15, -0.1) is 0 Å². The predicted octanol–water partition coefficient (Wildman–Crippen LogP) is 3.56. The lowest BCUT2D eigenvalue weighted by Gasteiger charge is -2.18. The molecule has 1 fully saturated rings. The van der Waals surface area contributed by atoms with E-state index in [-0.39, 0.29) is 16.8 Å². The maximum absolute atomic E-state index is 12.8. The second kappa shape index (κ2) is 4.74. The second-order valence-electron chi connectivity index (χ2n) is 3.89. The molecule has 0 aliphatic carbocycles. The molecule has 1 aromatic rings. The number of hydrogen-bond donors (Lipinski definition) is 1. The zero-order valence-corrected chi connectivity index (χ0v) is 9.61. The maximum Gasteiger partial charge on any atom is 0.418 e. The molecule has 94 valence electrons. The van der Waals surface area contributed by atoms with Gasteiger partial charge in [-0.1, -0.05) is 11.6 Å². The summed E-state index contributed by atoms with van der Waals surface area (Å²) < 4.78 is 43.4. The molecule has 1 atom stereocenters. The van der Waals surface area contributed by atoms with E-state index in [1.165, 1.54) is 12.1 Å². The molecule has 1 aliphatic heterocycles. The first-order valence-electron chi connectivity index (χ1n) is 5.18. The third-order valence-electron chi connectivity index (χ3n) is 2.58. The minimum absolute atomic E-state index is 0.0531. The second-order valence-corrected chi connectivity index (χ2v) is 4.33. The molecule has 2 rings (SSSR count). The largest absolute Gasteiger partial charge is 0.418 e. The Bertz CT molecular complexity index is 402. The molecule has 0 radical (unpaired) electrons. The Morgan fingerprint density at radius 1 is 1.35 bits per heavy atom. The van der Waals surface area contributed by atoms with E-state index in [2.05, 4.69) is 5.32 Å². The Labute approximate surface area is 102 Å². The number of halogens is 4. The van der Waals surface area contributed by atoms with Gasteiger partial charge in [0.2, 0.25) is 0 Å². The number of anilines is 1. The van der Waals surface area contributed by atoms with Crippen LogP contribution < -0.4 is 5.32 Å². The quantitative estimate of drug-likeness (QED) is 0.883. The van der Waals surface area contributed by atoms with E-state index in [1.54, 1.807) is 0 Å². The van der Waals surface area contributed by atoms with Crippen LogP contribution in [-0.4, -0.2) is 19.3 Å². The van der Waals surface area contributed by atoms with Gasteiger partial charge in [-0.2, -0.15) is 13.2 Å². The van der Waals surface area contributed by atoms with Crippen LogP contribution in [0.15, 0.2) is 18.2 Å². The van der Waals surface area contributed by atoms with E-state index in [1.807, 2.05) is 0 Å². The molecule has 17 heavy (non-hydrogen) atoms. The van der Waals surface area contributed by atoms with Crippen LogP contribution in [0.25, 0.3) is 0 Å². The SMILES string of the molecule is FC(F)(F)c1cc(Cl)ccc1NC1CCOC1. The van der Waals surface area contributed by atoms with E-state index < -0.39 is 11.7 Å². The predicted molar refractivity (Wildman–Crippen MR) is 59.3 cm³/mol. The van der Waals surface area contributed by atoms with Gasteiger partial charge < -0.3 is 10.1 Å². The molecule has 0 aromatic heterocycles. The van der Waals surface area contributed by atoms with E-state index in [9.17, 15) is 13.2 Å². The molecule has 0 amide bonds. The van der Waals surface area contributed by atoms with Gasteiger partial charge in [0, 0.05) is 17.3 Å². The number of alkyl halides is 3. The molecule has 1 saturated heterocycles. The van der Waals surface area contributed by atoms with Crippen LogP contribution in [0, 0.1) is 0 Å². The van der Waals surface area contributed by atoms with Gasteiger partial charge in [0.1, 0.15) is 0 Å². The molecule has 1 aliphatic rings. The average Bonchev–Trinajstić information content (AvgIpc) is 2.72. The molecule has 1 heterocycles. The van der Waals surface area contributed by atoms with Crippen LogP contribution in [0.1, 0.15) is 12.0 Å². The summed E-state index contributed by atoms with van der Waals surface area (Å²) in [5, 5.41) is 2.91. The molecular weight excluding hydrogens is 255 g/mol. The highest BCUT2D eigenvalue weighted by atomic mass is 35.5. The van der Waals surface area contributed by atoms with E-state index >= 15 is 0 Å². The first-order valence-corrected chi connectivity index (χ1v) is 5.55. The summed E-state index contributed by atoms with van der Waals surface area (Å²) in [4.78, 5) is 0. The molecule has 0 saturated carbocycles. The standard InChI is InChI=1S/C11H11ClF3NO/c12-7-1-2-10(9(5-7)11(13,14)15)16-8-3-4-17-6-8/h1-2,5,8,16H,3-4,6H2. The Morgan fingerprint density at radius 2 is 2.12 bits per heavy atom. The summed E-state index contributed by atoms with van der Waals surface area (Å²) in [7, 11) is 0. The maximum atomic E-state index is 12.8. The first kappa shape index (κ1) is 12.5. The van der Waals surface area contributed by atoms with Crippen LogP contribution in [0.5, 0.6) is 0 Å². The Morgan fingerprint density at radius 3 is 2.71 bits per heavy atom. The highest BCUT2D eigenvalue weighted by molar-refractivity contribution is 6.30. The summed E-state index contributed by atoms with van der Waals surface area (Å²) in [6.45, 7) is 1.01. The van der Waals surface area contributed by atoms with Crippen molar-refractivity contribution in [3.63, 3.8) is 0 Å². The molecule has 1 unspecified atom stereocenters. The highest BCUT2D eigenvalue weighted by Gasteiger charge is 2.34. The lowest BCUT2D eigenvalue weighted by Crippen LogP contribution is -2.21. The van der Waals surface area contributed by atoms with Gasteiger partial charge in [0.05, 0.1) is 18.2 Å². The van der Waals surface area contributed by atoms with E-state index in [4.69, 9.17) is 16.3 Å². The van der Waals surface area contributed by atoms with Crippen molar-refractivity contribution in [2.24, 2.45) is 0 Å². The fraction of sp³-hybridized carbons (Fsp3) is 0.455. The van der Waals surface area contributed by atoms with Crippen LogP contribution in [-0.2, 0) is 10.9 Å². The molecule has 0 spiro atoms. The number of benzene rings is 1. The van der Waals surface area contributed by atoms with E-state index in [0.717, 1.165) is 6.07 Å². The smallest absolute Gasteiger partial charge is 0.379 e. The van der Waals surface area contributed by atoms with Gasteiger partial charge in [0.25, 0.3) is 0 Å². The normalized spacial score (nSPS) is 20.6. The lowest BCUT2D eigenvalue weighted by molar-refractivity contribution is -0.137. The average molecular weight is 266 g/mol. The Balaban J connectivity index is 2.25. The topological polar surface area (TPSA) is 21.3 Å². The fourth-order valence-corrected chi connectivity index (χ4v) is 1.92. The molecule has 1 aromatic carbocycles. The van der Waals surface area contributed by atoms with Crippen molar-refractivity contribution in [2.45, 2.75) is 18.6 Å². The lowest BCUT2D eigenvalue weighted by atomic mass is 10.1. The molecule has 2 nitrogen and oxygen atoms in total. The van der Waals surface area contributed by atoms with Gasteiger partial charge in [-0.05, 0) is 24.6 Å². The van der Waals surface area contributed by atoms with Crippen molar-refractivity contribution in [3.8, 4) is 0 Å². The van der Waals surface area contributed by atoms with Crippen molar-refractivity contribution in [1.29, 1.82) is 0 Å². The summed E-state index contributed by atoms with van der Waals surface area (Å²) in [6, 6.07) is 3.65. The van der Waals surface area contributed by atoms with Crippen molar-refractivity contribution >= 4 is 17.3 Å². The van der Waals surface area contributed by atoms with Crippen LogP contribution in [0.2, 0.25) is 5.02 Å². The minimum Gasteiger partial charge on any atom is -0.379 e. The van der Waals surface area contributed by atoms with E-state index in [0.29, 0.717) is 19.6 Å². The monoisotopic (exact) mass is 265 g/mol. The van der Waals surface area contributed by atoms with Gasteiger partial charge >= 0.3 is 6.18 Å². The fourth-order valence-electron chi connectivity index (χ4n) is 1.75. The molecule has 6 heteroatoms. The van der Waals surface area contributed by atoms with Crippen molar-refractivity contribution in [1.82, 2.24) is 0 Å². The minimum atomic E-state index is -4.41. The molecule has 1 N–H and O–H groups in total. The molecule has 0 bridgehead atoms.